The molecule has 0 aliphatic rings. The molecule has 0 atom stereocenters. The number of hydrogen-bond donors (Lipinski definition) is 1. The molecule has 0 saturated carbocycles. The van der Waals surface area contributed by atoms with Crippen LogP contribution in [0.3, 0.4) is 0 Å². The summed E-state index contributed by atoms with van der Waals surface area (Å²) < 4.78 is 44.0. The molecule has 19 heavy (non-hydrogen) atoms. The molecule has 0 fully saturated rings. The second-order valence-corrected chi connectivity index (χ2v) is 4.66. The van der Waals surface area contributed by atoms with Gasteiger partial charge in [0, 0.05) is 10.9 Å². The summed E-state index contributed by atoms with van der Waals surface area (Å²) in [5.74, 6) is 0.122. The predicted octanol–water partition coefficient (Wildman–Crippen LogP) is 3.02. The molecule has 2 rings (SSSR count). The molecule has 1 aromatic carbocycles. The molecule has 102 valence electrons. The molecule has 0 amide bonds. The van der Waals surface area contributed by atoms with Gasteiger partial charge in [0.25, 0.3) is 5.89 Å². The summed E-state index contributed by atoms with van der Waals surface area (Å²) in [5.41, 5.74) is 4.34. The zero-order valence-corrected chi connectivity index (χ0v) is 11.1. The minimum atomic E-state index is -4.50. The quantitative estimate of drug-likeness (QED) is 0.936. The van der Waals surface area contributed by atoms with Gasteiger partial charge in [-0.2, -0.15) is 18.2 Å². The molecule has 0 unspecified atom stereocenters. The zero-order valence-electron chi connectivity index (χ0n) is 9.54. The van der Waals surface area contributed by atoms with Crippen LogP contribution in [0.5, 0.6) is 0 Å². The molecule has 2 aromatic rings. The molecule has 8 heteroatoms. The van der Waals surface area contributed by atoms with E-state index in [4.69, 9.17) is 10.3 Å². The van der Waals surface area contributed by atoms with Crippen molar-refractivity contribution in [2.75, 3.05) is 6.54 Å². The van der Waals surface area contributed by atoms with Crippen LogP contribution in [-0.4, -0.2) is 16.7 Å². The van der Waals surface area contributed by atoms with Crippen molar-refractivity contribution in [1.82, 2.24) is 10.1 Å². The number of hydrogen-bond acceptors (Lipinski definition) is 4. The first-order valence-corrected chi connectivity index (χ1v) is 6.11. The maximum absolute atomic E-state index is 12.9. The number of rotatable bonds is 3. The van der Waals surface area contributed by atoms with E-state index < -0.39 is 11.7 Å². The lowest BCUT2D eigenvalue weighted by Crippen LogP contribution is -2.07. The van der Waals surface area contributed by atoms with Gasteiger partial charge in [-0.1, -0.05) is 21.1 Å². The third kappa shape index (κ3) is 3.13. The monoisotopic (exact) mass is 335 g/mol. The third-order valence-electron chi connectivity index (χ3n) is 2.35. The van der Waals surface area contributed by atoms with Crippen LogP contribution in [0.2, 0.25) is 0 Å². The van der Waals surface area contributed by atoms with Gasteiger partial charge in [0.2, 0.25) is 0 Å². The Labute approximate surface area is 114 Å². The number of benzene rings is 1. The molecule has 0 spiro atoms. The fourth-order valence-electron chi connectivity index (χ4n) is 1.53. The van der Waals surface area contributed by atoms with Crippen LogP contribution < -0.4 is 5.73 Å². The molecular formula is C11H9BrF3N3O. The van der Waals surface area contributed by atoms with Crippen molar-refractivity contribution in [3.63, 3.8) is 0 Å². The fraction of sp³-hybridized carbons (Fsp3) is 0.273. The van der Waals surface area contributed by atoms with Gasteiger partial charge >= 0.3 is 6.18 Å². The molecule has 0 radical (unpaired) electrons. The first kappa shape index (κ1) is 14.0. The SMILES string of the molecule is NCCc1noc(-c2ccc(Br)cc2C(F)(F)F)n1. The standard InChI is InChI=1S/C11H9BrF3N3O/c12-6-1-2-7(8(5-6)11(13,14)15)10-17-9(3-4-16)18-19-10/h1-2,5H,3-4,16H2. The maximum atomic E-state index is 12.9. The zero-order chi connectivity index (χ0) is 14.0. The minimum Gasteiger partial charge on any atom is -0.334 e. The van der Waals surface area contributed by atoms with E-state index in [2.05, 4.69) is 26.1 Å². The predicted molar refractivity (Wildman–Crippen MR) is 65.2 cm³/mol. The largest absolute Gasteiger partial charge is 0.417 e. The molecule has 4 nitrogen and oxygen atoms in total. The topological polar surface area (TPSA) is 64.9 Å². The Morgan fingerprint density at radius 2 is 2.05 bits per heavy atom. The molecule has 1 heterocycles. The van der Waals surface area contributed by atoms with E-state index in [-0.39, 0.29) is 17.3 Å². The lowest BCUT2D eigenvalue weighted by atomic mass is 10.1. The third-order valence-corrected chi connectivity index (χ3v) is 2.85. The second kappa shape index (κ2) is 5.30. The summed E-state index contributed by atoms with van der Waals surface area (Å²) in [6, 6.07) is 3.74. The number of alkyl halides is 3. The van der Waals surface area contributed by atoms with E-state index in [1.54, 1.807) is 0 Å². The molecule has 0 aliphatic heterocycles. The summed E-state index contributed by atoms with van der Waals surface area (Å²) in [5, 5.41) is 3.58. The molecule has 0 bridgehead atoms. The normalized spacial score (nSPS) is 11.8. The van der Waals surface area contributed by atoms with Crippen LogP contribution >= 0.6 is 15.9 Å². The van der Waals surface area contributed by atoms with Gasteiger partial charge in [0.15, 0.2) is 5.82 Å². The van der Waals surface area contributed by atoms with Gasteiger partial charge < -0.3 is 10.3 Å². The van der Waals surface area contributed by atoms with Crippen molar-refractivity contribution in [3.05, 3.63) is 34.1 Å². The summed E-state index contributed by atoms with van der Waals surface area (Å²) in [7, 11) is 0. The van der Waals surface area contributed by atoms with Crippen LogP contribution in [0.1, 0.15) is 11.4 Å². The molecule has 2 N–H and O–H groups in total. The fourth-order valence-corrected chi connectivity index (χ4v) is 1.89. The van der Waals surface area contributed by atoms with Gasteiger partial charge in [0.1, 0.15) is 0 Å². The average molecular weight is 336 g/mol. The van der Waals surface area contributed by atoms with Crippen molar-refractivity contribution >= 4 is 15.9 Å². The van der Waals surface area contributed by atoms with Gasteiger partial charge in [-0.25, -0.2) is 0 Å². The lowest BCUT2D eigenvalue weighted by molar-refractivity contribution is -0.137. The Bertz CT molecular complexity index is 583. The van der Waals surface area contributed by atoms with E-state index >= 15 is 0 Å². The Hall–Kier alpha value is -1.41. The Kier molecular flexibility index (Phi) is 3.91. The van der Waals surface area contributed by atoms with E-state index in [0.717, 1.165) is 6.07 Å². The summed E-state index contributed by atoms with van der Waals surface area (Å²) in [4.78, 5) is 3.90. The highest BCUT2D eigenvalue weighted by Crippen LogP contribution is 2.38. The molecule has 0 aliphatic carbocycles. The van der Waals surface area contributed by atoms with Gasteiger partial charge in [-0.05, 0) is 24.7 Å². The van der Waals surface area contributed by atoms with E-state index in [1.165, 1.54) is 12.1 Å². The summed E-state index contributed by atoms with van der Waals surface area (Å²) in [6.07, 6.45) is -4.15. The first-order valence-electron chi connectivity index (χ1n) is 5.31. The van der Waals surface area contributed by atoms with Gasteiger partial charge in [-0.3, -0.25) is 0 Å². The summed E-state index contributed by atoms with van der Waals surface area (Å²) in [6.45, 7) is 0.297. The number of nitrogens with zero attached hydrogens (tertiary/aromatic N) is 2. The average Bonchev–Trinajstić information content (AvgIpc) is 2.77. The van der Waals surface area contributed by atoms with E-state index in [9.17, 15) is 13.2 Å². The number of aromatic nitrogens is 2. The molecule has 0 saturated heterocycles. The number of halogens is 4. The van der Waals surface area contributed by atoms with Crippen molar-refractivity contribution in [3.8, 4) is 11.5 Å². The van der Waals surface area contributed by atoms with E-state index in [0.29, 0.717) is 17.4 Å². The van der Waals surface area contributed by atoms with Crippen LogP contribution in [0.4, 0.5) is 13.2 Å². The number of nitrogens with two attached hydrogens (primary N) is 1. The van der Waals surface area contributed by atoms with E-state index in [1.807, 2.05) is 0 Å². The maximum Gasteiger partial charge on any atom is 0.417 e. The van der Waals surface area contributed by atoms with Crippen LogP contribution in [0.15, 0.2) is 27.2 Å². The molecular weight excluding hydrogens is 327 g/mol. The smallest absolute Gasteiger partial charge is 0.334 e. The van der Waals surface area contributed by atoms with Crippen LogP contribution in [-0.2, 0) is 12.6 Å². The Morgan fingerprint density at radius 3 is 2.68 bits per heavy atom. The minimum absolute atomic E-state index is 0.147. The summed E-state index contributed by atoms with van der Waals surface area (Å²) >= 11 is 3.01. The van der Waals surface area contributed by atoms with Crippen LogP contribution in [0, 0.1) is 0 Å². The van der Waals surface area contributed by atoms with Crippen molar-refractivity contribution < 1.29 is 17.7 Å². The Morgan fingerprint density at radius 1 is 1.32 bits per heavy atom. The van der Waals surface area contributed by atoms with Crippen molar-refractivity contribution in [1.29, 1.82) is 0 Å². The lowest BCUT2D eigenvalue weighted by Gasteiger charge is -2.10. The Balaban J connectivity index is 2.48. The van der Waals surface area contributed by atoms with Gasteiger partial charge in [0.05, 0.1) is 11.1 Å². The van der Waals surface area contributed by atoms with Gasteiger partial charge in [-0.15, -0.1) is 0 Å². The van der Waals surface area contributed by atoms with Crippen LogP contribution in [0.25, 0.3) is 11.5 Å². The second-order valence-electron chi connectivity index (χ2n) is 3.74. The highest BCUT2D eigenvalue weighted by molar-refractivity contribution is 9.10. The highest BCUT2D eigenvalue weighted by atomic mass is 79.9. The highest BCUT2D eigenvalue weighted by Gasteiger charge is 2.35. The van der Waals surface area contributed by atoms with Crippen molar-refractivity contribution in [2.24, 2.45) is 5.73 Å². The first-order chi connectivity index (χ1) is 8.91. The van der Waals surface area contributed by atoms with Crippen molar-refractivity contribution in [2.45, 2.75) is 12.6 Å². The molecule has 1 aromatic heterocycles.